The minimum absolute atomic E-state index is 0.0860. The molecule has 0 unspecified atom stereocenters. The summed E-state index contributed by atoms with van der Waals surface area (Å²) in [6.07, 6.45) is 5.06. The third-order valence-corrected chi connectivity index (χ3v) is 4.70. The lowest BCUT2D eigenvalue weighted by Gasteiger charge is -2.32. The number of anilines is 2. The molecule has 1 fully saturated rings. The number of rotatable bonds is 3. The van der Waals surface area contributed by atoms with Gasteiger partial charge in [0.1, 0.15) is 5.75 Å². The summed E-state index contributed by atoms with van der Waals surface area (Å²) in [5.74, 6) is 2.34. The summed E-state index contributed by atoms with van der Waals surface area (Å²) in [5.41, 5.74) is 1.83. The van der Waals surface area contributed by atoms with Crippen LogP contribution in [0.1, 0.15) is 39.5 Å². The van der Waals surface area contributed by atoms with Crippen LogP contribution < -0.4 is 15.4 Å². The van der Waals surface area contributed by atoms with Crippen molar-refractivity contribution in [3.8, 4) is 5.75 Å². The van der Waals surface area contributed by atoms with Gasteiger partial charge in [-0.2, -0.15) is 0 Å². The van der Waals surface area contributed by atoms with Crippen molar-refractivity contribution in [1.82, 2.24) is 0 Å². The molecular weight excluding hydrogens is 264 g/mol. The van der Waals surface area contributed by atoms with Crippen LogP contribution in [0.4, 0.5) is 11.4 Å². The van der Waals surface area contributed by atoms with Crippen molar-refractivity contribution in [2.24, 2.45) is 11.8 Å². The standard InChI is InChI=1S/C17H24N2O2/c1-11(2)12-3-5-13(6-4-12)18-14-7-8-16-15(9-14)19-17(20)10-21-16/h7-9,11-13,18H,3-6,10H2,1-2H3,(H,19,20). The molecule has 21 heavy (non-hydrogen) atoms. The second-order valence-corrected chi connectivity index (χ2v) is 6.55. The van der Waals surface area contributed by atoms with Gasteiger partial charge in [-0.3, -0.25) is 4.79 Å². The number of ether oxygens (including phenoxy) is 1. The molecule has 0 saturated heterocycles. The van der Waals surface area contributed by atoms with Crippen molar-refractivity contribution < 1.29 is 9.53 Å². The summed E-state index contributed by atoms with van der Waals surface area (Å²) in [4.78, 5) is 11.4. The average Bonchev–Trinajstić information content (AvgIpc) is 2.47. The minimum Gasteiger partial charge on any atom is -0.482 e. The van der Waals surface area contributed by atoms with Crippen molar-refractivity contribution >= 4 is 17.3 Å². The predicted molar refractivity (Wildman–Crippen MR) is 84.8 cm³/mol. The molecule has 114 valence electrons. The largest absolute Gasteiger partial charge is 0.482 e. The van der Waals surface area contributed by atoms with E-state index in [4.69, 9.17) is 4.74 Å². The number of amides is 1. The highest BCUT2D eigenvalue weighted by Gasteiger charge is 2.23. The average molecular weight is 288 g/mol. The van der Waals surface area contributed by atoms with Gasteiger partial charge in [-0.05, 0) is 55.7 Å². The van der Waals surface area contributed by atoms with E-state index in [1.807, 2.05) is 18.2 Å². The van der Waals surface area contributed by atoms with Gasteiger partial charge >= 0.3 is 0 Å². The Morgan fingerprint density at radius 2 is 2.00 bits per heavy atom. The number of benzene rings is 1. The number of carbonyl (C=O) groups excluding carboxylic acids is 1. The first-order valence-electron chi connectivity index (χ1n) is 7.95. The molecule has 2 aliphatic rings. The van der Waals surface area contributed by atoms with Gasteiger partial charge in [-0.1, -0.05) is 13.8 Å². The first-order valence-corrected chi connectivity index (χ1v) is 7.95. The molecule has 1 aliphatic heterocycles. The molecule has 2 N–H and O–H groups in total. The van der Waals surface area contributed by atoms with Crippen LogP contribution in [-0.2, 0) is 4.79 Å². The fraction of sp³-hybridized carbons (Fsp3) is 0.588. The summed E-state index contributed by atoms with van der Waals surface area (Å²) in [6, 6.07) is 6.47. The molecule has 0 aromatic heterocycles. The number of hydrogen-bond acceptors (Lipinski definition) is 3. The third kappa shape index (κ3) is 3.31. The Morgan fingerprint density at radius 3 is 2.71 bits per heavy atom. The molecule has 4 nitrogen and oxygen atoms in total. The van der Waals surface area contributed by atoms with E-state index in [-0.39, 0.29) is 12.5 Å². The van der Waals surface area contributed by atoms with E-state index < -0.39 is 0 Å². The highest BCUT2D eigenvalue weighted by atomic mass is 16.5. The molecule has 1 aromatic rings. The number of nitrogens with one attached hydrogen (secondary N) is 2. The van der Waals surface area contributed by atoms with Crippen molar-refractivity contribution in [3.63, 3.8) is 0 Å². The van der Waals surface area contributed by atoms with Gasteiger partial charge in [-0.15, -0.1) is 0 Å². The summed E-state index contributed by atoms with van der Waals surface area (Å²) in [5, 5.41) is 6.45. The lowest BCUT2D eigenvalue weighted by atomic mass is 9.79. The molecule has 3 rings (SSSR count). The second kappa shape index (κ2) is 5.96. The van der Waals surface area contributed by atoms with E-state index in [1.165, 1.54) is 25.7 Å². The summed E-state index contributed by atoms with van der Waals surface area (Å²) < 4.78 is 5.38. The monoisotopic (exact) mass is 288 g/mol. The Labute approximate surface area is 126 Å². The van der Waals surface area contributed by atoms with Crippen molar-refractivity contribution in [3.05, 3.63) is 18.2 Å². The summed E-state index contributed by atoms with van der Waals surface area (Å²) in [6.45, 7) is 4.76. The Kier molecular flexibility index (Phi) is 4.04. The first kappa shape index (κ1) is 14.2. The minimum atomic E-state index is -0.0860. The zero-order chi connectivity index (χ0) is 14.8. The van der Waals surface area contributed by atoms with E-state index in [1.54, 1.807) is 0 Å². The van der Waals surface area contributed by atoms with Crippen LogP contribution in [0.3, 0.4) is 0 Å². The molecule has 1 saturated carbocycles. The van der Waals surface area contributed by atoms with Gasteiger partial charge in [0, 0.05) is 11.7 Å². The van der Waals surface area contributed by atoms with E-state index >= 15 is 0 Å². The van der Waals surface area contributed by atoms with Crippen LogP contribution in [0.15, 0.2) is 18.2 Å². The maximum atomic E-state index is 11.4. The summed E-state index contributed by atoms with van der Waals surface area (Å²) in [7, 11) is 0. The zero-order valence-electron chi connectivity index (χ0n) is 12.8. The fourth-order valence-corrected chi connectivity index (χ4v) is 3.34. The van der Waals surface area contributed by atoms with Gasteiger partial charge in [0.25, 0.3) is 5.91 Å². The summed E-state index contributed by atoms with van der Waals surface area (Å²) >= 11 is 0. The first-order chi connectivity index (χ1) is 10.1. The van der Waals surface area contributed by atoms with E-state index in [0.29, 0.717) is 6.04 Å². The van der Waals surface area contributed by atoms with E-state index in [2.05, 4.69) is 24.5 Å². The molecule has 1 aromatic carbocycles. The highest BCUT2D eigenvalue weighted by molar-refractivity contribution is 5.96. The second-order valence-electron chi connectivity index (χ2n) is 6.55. The van der Waals surface area contributed by atoms with Crippen molar-refractivity contribution in [2.45, 2.75) is 45.6 Å². The van der Waals surface area contributed by atoms with Gasteiger partial charge in [0.15, 0.2) is 6.61 Å². The van der Waals surface area contributed by atoms with E-state index in [0.717, 1.165) is 29.0 Å². The van der Waals surface area contributed by atoms with Gasteiger partial charge in [0.05, 0.1) is 5.69 Å². The number of carbonyl (C=O) groups is 1. The van der Waals surface area contributed by atoms with Crippen LogP contribution in [0.25, 0.3) is 0 Å². The predicted octanol–water partition coefficient (Wildman–Crippen LogP) is 3.64. The number of hydrogen-bond donors (Lipinski definition) is 2. The molecule has 0 bridgehead atoms. The normalized spacial score (nSPS) is 25.0. The Hall–Kier alpha value is -1.71. The van der Waals surface area contributed by atoms with Crippen LogP contribution in [0, 0.1) is 11.8 Å². The quantitative estimate of drug-likeness (QED) is 0.892. The van der Waals surface area contributed by atoms with Crippen molar-refractivity contribution in [1.29, 1.82) is 0 Å². The maximum Gasteiger partial charge on any atom is 0.262 e. The van der Waals surface area contributed by atoms with E-state index in [9.17, 15) is 4.79 Å². The zero-order valence-corrected chi connectivity index (χ0v) is 12.8. The Balaban J connectivity index is 1.61. The molecular formula is C17H24N2O2. The van der Waals surface area contributed by atoms with Crippen LogP contribution in [-0.4, -0.2) is 18.6 Å². The molecule has 1 amide bonds. The molecule has 0 spiro atoms. The Bertz CT molecular complexity index is 520. The lowest BCUT2D eigenvalue weighted by Crippen LogP contribution is -2.28. The number of fused-ring (bicyclic) bond motifs is 1. The Morgan fingerprint density at radius 1 is 1.24 bits per heavy atom. The molecule has 0 atom stereocenters. The van der Waals surface area contributed by atoms with Gasteiger partial charge in [0.2, 0.25) is 0 Å². The SMILES string of the molecule is CC(C)C1CCC(Nc2ccc3c(c2)NC(=O)CO3)CC1. The van der Waals surface area contributed by atoms with Crippen molar-refractivity contribution in [2.75, 3.05) is 17.2 Å². The topological polar surface area (TPSA) is 50.4 Å². The van der Waals surface area contributed by atoms with Crippen LogP contribution in [0.5, 0.6) is 5.75 Å². The molecule has 4 heteroatoms. The third-order valence-electron chi connectivity index (χ3n) is 4.70. The molecule has 1 heterocycles. The van der Waals surface area contributed by atoms with Crippen LogP contribution in [0.2, 0.25) is 0 Å². The van der Waals surface area contributed by atoms with Gasteiger partial charge < -0.3 is 15.4 Å². The lowest BCUT2D eigenvalue weighted by molar-refractivity contribution is -0.118. The molecule has 0 radical (unpaired) electrons. The smallest absolute Gasteiger partial charge is 0.262 e. The van der Waals surface area contributed by atoms with Crippen LogP contribution >= 0.6 is 0 Å². The molecule has 1 aliphatic carbocycles. The maximum absolute atomic E-state index is 11.4. The fourth-order valence-electron chi connectivity index (χ4n) is 3.34. The highest BCUT2D eigenvalue weighted by Crippen LogP contribution is 2.34. The van der Waals surface area contributed by atoms with Gasteiger partial charge in [-0.25, -0.2) is 0 Å².